The van der Waals surface area contributed by atoms with Gasteiger partial charge in [0.15, 0.2) is 0 Å². The van der Waals surface area contributed by atoms with E-state index in [0.29, 0.717) is 59.4 Å². The number of rotatable bonds is 5. The van der Waals surface area contributed by atoms with Crippen molar-refractivity contribution in [1.82, 2.24) is 4.90 Å². The largest absolute Gasteiger partial charge is 0.299 e. The van der Waals surface area contributed by atoms with Crippen molar-refractivity contribution in [2.24, 2.45) is 47.3 Å². The second kappa shape index (κ2) is 15.1. The smallest absolute Gasteiger partial charge is 0.0494 e. The molecular formula is C57H67N. The fraction of sp³-hybridized carbons (Fsp3) is 0.509. The van der Waals surface area contributed by atoms with Crippen molar-refractivity contribution in [2.75, 3.05) is 7.05 Å². The molecule has 58 heavy (non-hydrogen) atoms. The van der Waals surface area contributed by atoms with Crippen molar-refractivity contribution < 1.29 is 0 Å². The Labute approximate surface area is 350 Å². The van der Waals surface area contributed by atoms with E-state index in [4.69, 9.17) is 0 Å². The summed E-state index contributed by atoms with van der Waals surface area (Å²) >= 11 is 0. The lowest BCUT2D eigenvalue weighted by Gasteiger charge is -2.50. The summed E-state index contributed by atoms with van der Waals surface area (Å²) in [5, 5.41) is 0. The maximum Gasteiger partial charge on any atom is 0.0494 e. The van der Waals surface area contributed by atoms with Crippen LogP contribution in [0.15, 0.2) is 137 Å². The van der Waals surface area contributed by atoms with Gasteiger partial charge in [-0.25, -0.2) is 0 Å². The highest BCUT2D eigenvalue weighted by Gasteiger charge is 2.58. The van der Waals surface area contributed by atoms with Crippen molar-refractivity contribution in [3.05, 3.63) is 154 Å². The maximum absolute atomic E-state index is 2.92. The highest BCUT2D eigenvalue weighted by Crippen LogP contribution is 2.67. The number of piperidine rings is 1. The molecule has 1 heterocycles. The summed E-state index contributed by atoms with van der Waals surface area (Å²) in [5.74, 6) is 4.84. The molecule has 0 aromatic heterocycles. The minimum Gasteiger partial charge on any atom is -0.299 e. The Morgan fingerprint density at radius 2 is 1.60 bits per heavy atom. The summed E-state index contributed by atoms with van der Waals surface area (Å²) in [5.41, 5.74) is 16.5. The zero-order valence-corrected chi connectivity index (χ0v) is 35.7. The molecule has 11 rings (SSSR count). The molecule has 1 aromatic carbocycles. The van der Waals surface area contributed by atoms with E-state index in [1.165, 1.54) is 95.5 Å². The molecule has 11 unspecified atom stereocenters. The molecule has 0 amide bonds. The third-order valence-corrected chi connectivity index (χ3v) is 17.2. The number of likely N-dealkylation sites (tertiary alicyclic amines) is 1. The molecule has 11 atom stereocenters. The number of benzene rings is 1. The van der Waals surface area contributed by atoms with Crippen molar-refractivity contribution >= 4 is 11.1 Å². The predicted molar refractivity (Wildman–Crippen MR) is 245 cm³/mol. The number of nitrogens with zero attached hydrogens (tertiary/aromatic N) is 1. The molecule has 1 heteroatoms. The van der Waals surface area contributed by atoms with Gasteiger partial charge >= 0.3 is 0 Å². The van der Waals surface area contributed by atoms with Crippen LogP contribution in [0.1, 0.15) is 127 Å². The summed E-state index contributed by atoms with van der Waals surface area (Å²) in [6, 6.07) is 9.08. The highest BCUT2D eigenvalue weighted by molar-refractivity contribution is 5.87. The molecule has 1 nitrogen and oxygen atoms in total. The van der Waals surface area contributed by atoms with Crippen LogP contribution in [0, 0.1) is 47.3 Å². The van der Waals surface area contributed by atoms with Gasteiger partial charge in [-0.3, -0.25) is 4.90 Å². The third kappa shape index (κ3) is 6.10. The van der Waals surface area contributed by atoms with Gasteiger partial charge in [0.1, 0.15) is 0 Å². The van der Waals surface area contributed by atoms with Gasteiger partial charge in [0.2, 0.25) is 0 Å². The van der Waals surface area contributed by atoms with E-state index in [0.717, 1.165) is 6.42 Å². The number of allylic oxidation sites excluding steroid dienone is 20. The summed E-state index contributed by atoms with van der Waals surface area (Å²) in [6.07, 6.45) is 57.1. The first kappa shape index (κ1) is 37.3. The summed E-state index contributed by atoms with van der Waals surface area (Å²) < 4.78 is 0. The molecule has 10 aliphatic rings. The maximum atomic E-state index is 2.92. The van der Waals surface area contributed by atoms with E-state index >= 15 is 0 Å². The molecular weight excluding hydrogens is 699 g/mol. The van der Waals surface area contributed by atoms with Gasteiger partial charge in [-0.15, -0.1) is 0 Å². The van der Waals surface area contributed by atoms with Gasteiger partial charge < -0.3 is 0 Å². The first-order valence-corrected chi connectivity index (χ1v) is 24.0. The first-order chi connectivity index (χ1) is 28.5. The number of fused-ring (bicyclic) bond motifs is 8. The second-order valence-corrected chi connectivity index (χ2v) is 20.5. The lowest BCUT2D eigenvalue weighted by molar-refractivity contribution is 0.0392. The summed E-state index contributed by atoms with van der Waals surface area (Å²) in [6.45, 7) is 4.79. The zero-order chi connectivity index (χ0) is 39.0. The second-order valence-electron chi connectivity index (χ2n) is 20.5. The van der Waals surface area contributed by atoms with Crippen LogP contribution in [0.25, 0.3) is 11.1 Å². The fourth-order valence-corrected chi connectivity index (χ4v) is 14.3. The lowest BCUT2D eigenvalue weighted by Crippen LogP contribution is -2.53. The number of hydrogen-bond donors (Lipinski definition) is 0. The SMILES string of the molecule is CC1C=CC(C2CC(C3C=CC(C)CC3)N(C)C(C3C=C(C4CC=CCC4)C=C(c4ccc5c(c4)C4(C6=C(CCC=C6)C6C=CC=CC64)C4=C5CCCC4)C3)C2)=CC1. The van der Waals surface area contributed by atoms with Crippen LogP contribution in [0.5, 0.6) is 0 Å². The Morgan fingerprint density at radius 1 is 0.724 bits per heavy atom. The third-order valence-electron chi connectivity index (χ3n) is 17.2. The van der Waals surface area contributed by atoms with Gasteiger partial charge in [-0.1, -0.05) is 128 Å². The minimum atomic E-state index is -0.00544. The summed E-state index contributed by atoms with van der Waals surface area (Å²) in [7, 11) is 2.53. The Kier molecular flexibility index (Phi) is 9.72. The van der Waals surface area contributed by atoms with Gasteiger partial charge in [-0.05, 0) is 189 Å². The Bertz CT molecular complexity index is 2180. The molecule has 1 saturated heterocycles. The van der Waals surface area contributed by atoms with Crippen molar-refractivity contribution in [2.45, 2.75) is 128 Å². The van der Waals surface area contributed by atoms with Crippen molar-refractivity contribution in [3.8, 4) is 0 Å². The van der Waals surface area contributed by atoms with E-state index in [1.807, 2.05) is 0 Å². The molecule has 0 N–H and O–H groups in total. The van der Waals surface area contributed by atoms with E-state index in [9.17, 15) is 0 Å². The minimum absolute atomic E-state index is 0.00544. The number of hydrogen-bond acceptors (Lipinski definition) is 1. The average molecular weight is 766 g/mol. The first-order valence-electron chi connectivity index (χ1n) is 24.0. The van der Waals surface area contributed by atoms with Crippen LogP contribution < -0.4 is 0 Å². The molecule has 1 spiro atoms. The van der Waals surface area contributed by atoms with Gasteiger partial charge in [0.05, 0.1) is 0 Å². The average Bonchev–Trinajstić information content (AvgIpc) is 3.74. The van der Waals surface area contributed by atoms with Crippen LogP contribution in [0.3, 0.4) is 0 Å². The predicted octanol–water partition coefficient (Wildman–Crippen LogP) is 14.2. The normalized spacial score (nSPS) is 39.1. The quantitative estimate of drug-likeness (QED) is 0.270. The van der Waals surface area contributed by atoms with E-state index in [-0.39, 0.29) is 5.41 Å². The van der Waals surface area contributed by atoms with Crippen molar-refractivity contribution in [1.29, 1.82) is 0 Å². The Hall–Kier alpha value is -3.68. The van der Waals surface area contributed by atoms with Crippen LogP contribution in [0.4, 0.5) is 0 Å². The Morgan fingerprint density at radius 3 is 2.43 bits per heavy atom. The van der Waals surface area contributed by atoms with Crippen LogP contribution in [-0.4, -0.2) is 24.0 Å². The fourth-order valence-electron chi connectivity index (χ4n) is 14.3. The monoisotopic (exact) mass is 766 g/mol. The zero-order valence-electron chi connectivity index (χ0n) is 35.7. The van der Waals surface area contributed by atoms with Gasteiger partial charge in [0, 0.05) is 29.3 Å². The van der Waals surface area contributed by atoms with Gasteiger partial charge in [-0.2, -0.15) is 0 Å². The molecule has 1 aliphatic heterocycles. The molecule has 0 radical (unpaired) electrons. The van der Waals surface area contributed by atoms with E-state index in [2.05, 4.69) is 135 Å². The Balaban J connectivity index is 1.00. The summed E-state index contributed by atoms with van der Waals surface area (Å²) in [4.78, 5) is 2.92. The topological polar surface area (TPSA) is 3.24 Å². The van der Waals surface area contributed by atoms with Gasteiger partial charge in [0.25, 0.3) is 0 Å². The molecule has 300 valence electrons. The van der Waals surface area contributed by atoms with E-state index in [1.54, 1.807) is 50.1 Å². The van der Waals surface area contributed by atoms with Crippen LogP contribution >= 0.6 is 0 Å². The van der Waals surface area contributed by atoms with Crippen LogP contribution in [0.2, 0.25) is 0 Å². The highest BCUT2D eigenvalue weighted by atomic mass is 15.2. The molecule has 9 aliphatic carbocycles. The molecule has 0 saturated carbocycles. The molecule has 1 aromatic rings. The van der Waals surface area contributed by atoms with E-state index < -0.39 is 0 Å². The standard InChI is InChI=1S/C57H67N/c1-37-21-25-40(26-22-37)45-35-55(41-27-23-38(2)24-28-41)58(3)56(36-45)46-32-43(39-13-5-4-6-14-39)31-44(33-46)42-29-30-50-49-17-9-12-20-53(49)57(54(50)34-42)51-18-10-7-15-47(51)48-16-8-11-19-52(48)57/h4-5,7,10-11,15,18-19,21,23,25-27,29-32,34,37-39,41,45-47,51,55-56H,6,8-9,12-14,16-17,20,22,24,28,33,35-36H2,1-3H3. The molecule has 1 fully saturated rings. The van der Waals surface area contributed by atoms with Crippen LogP contribution in [-0.2, 0) is 5.41 Å². The lowest BCUT2D eigenvalue weighted by atomic mass is 9.62. The van der Waals surface area contributed by atoms with Crippen molar-refractivity contribution in [3.63, 3.8) is 0 Å². The molecule has 0 bridgehead atoms.